The van der Waals surface area contributed by atoms with Gasteiger partial charge in [-0.3, -0.25) is 9.79 Å². The molecule has 0 spiro atoms. The van der Waals surface area contributed by atoms with Crippen LogP contribution in [0.25, 0.3) is 0 Å². The number of guanidine groups is 1. The summed E-state index contributed by atoms with van der Waals surface area (Å²) < 4.78 is 42.0. The van der Waals surface area contributed by atoms with Crippen LogP contribution in [-0.4, -0.2) is 44.3 Å². The highest BCUT2D eigenvalue weighted by atomic mass is 127. The predicted molar refractivity (Wildman–Crippen MR) is 106 cm³/mol. The van der Waals surface area contributed by atoms with Crippen molar-refractivity contribution in [3.05, 3.63) is 24.3 Å². The number of carbonyl (C=O) groups excluding carboxylic acids is 1. The molecule has 0 fully saturated rings. The van der Waals surface area contributed by atoms with E-state index in [0.29, 0.717) is 30.5 Å². The molecule has 1 rings (SSSR count). The first kappa shape index (κ1) is 24.3. The minimum Gasteiger partial charge on any atom is -0.492 e. The Hall–Kier alpha value is -1.72. The summed E-state index contributed by atoms with van der Waals surface area (Å²) in [6.07, 6.45) is -5.18. The van der Waals surface area contributed by atoms with Crippen LogP contribution in [0.3, 0.4) is 0 Å². The second kappa shape index (κ2) is 12.6. The summed E-state index contributed by atoms with van der Waals surface area (Å²) in [5.74, 6) is 0.707. The molecule has 0 aromatic heterocycles. The van der Waals surface area contributed by atoms with E-state index in [1.807, 2.05) is 6.92 Å². The second-order valence-corrected chi connectivity index (χ2v) is 5.11. The Labute approximate surface area is 168 Å². The molecule has 1 amide bonds. The number of anilines is 1. The molecular formula is C16H24F3IN4O2. The van der Waals surface area contributed by atoms with Gasteiger partial charge in [0, 0.05) is 25.2 Å². The molecule has 26 heavy (non-hydrogen) atoms. The zero-order chi connectivity index (χ0) is 18.7. The molecule has 0 heterocycles. The number of alkyl halides is 3. The van der Waals surface area contributed by atoms with Crippen LogP contribution in [0.1, 0.15) is 20.3 Å². The van der Waals surface area contributed by atoms with Gasteiger partial charge in [-0.1, -0.05) is 6.07 Å². The fraction of sp³-hybridized carbons (Fsp3) is 0.500. The molecule has 1 aromatic carbocycles. The minimum absolute atomic E-state index is 0. The molecular weight excluding hydrogens is 464 g/mol. The monoisotopic (exact) mass is 488 g/mol. The Bertz CT molecular complexity index is 583. The van der Waals surface area contributed by atoms with Crippen LogP contribution >= 0.6 is 24.0 Å². The third kappa shape index (κ3) is 11.8. The van der Waals surface area contributed by atoms with Gasteiger partial charge in [0.2, 0.25) is 5.91 Å². The topological polar surface area (TPSA) is 74.8 Å². The second-order valence-electron chi connectivity index (χ2n) is 5.11. The van der Waals surface area contributed by atoms with Crippen LogP contribution in [0.5, 0.6) is 5.75 Å². The van der Waals surface area contributed by atoms with Crippen molar-refractivity contribution < 1.29 is 22.7 Å². The summed E-state index contributed by atoms with van der Waals surface area (Å²) >= 11 is 0. The van der Waals surface area contributed by atoms with Gasteiger partial charge in [0.05, 0.1) is 19.5 Å². The first-order valence-electron chi connectivity index (χ1n) is 7.89. The zero-order valence-corrected chi connectivity index (χ0v) is 17.0. The lowest BCUT2D eigenvalue weighted by Gasteiger charge is -2.13. The highest BCUT2D eigenvalue weighted by Gasteiger charge is 2.26. The van der Waals surface area contributed by atoms with Gasteiger partial charge in [0.1, 0.15) is 12.4 Å². The molecule has 0 saturated carbocycles. The van der Waals surface area contributed by atoms with Crippen molar-refractivity contribution in [3.63, 3.8) is 0 Å². The Morgan fingerprint density at radius 3 is 2.62 bits per heavy atom. The summed E-state index contributed by atoms with van der Waals surface area (Å²) in [6, 6.07) is 6.91. The molecule has 6 nitrogen and oxygen atoms in total. The summed E-state index contributed by atoms with van der Waals surface area (Å²) in [5, 5.41) is 8.42. The van der Waals surface area contributed by atoms with Crippen molar-refractivity contribution in [2.75, 3.05) is 31.6 Å². The fourth-order valence-corrected chi connectivity index (χ4v) is 1.84. The lowest BCUT2D eigenvalue weighted by Crippen LogP contribution is -2.39. The smallest absolute Gasteiger partial charge is 0.390 e. The van der Waals surface area contributed by atoms with Crippen molar-refractivity contribution in [2.24, 2.45) is 4.99 Å². The molecule has 0 atom stereocenters. The van der Waals surface area contributed by atoms with Crippen molar-refractivity contribution in [1.29, 1.82) is 0 Å². The highest BCUT2D eigenvalue weighted by molar-refractivity contribution is 14.0. The largest absolute Gasteiger partial charge is 0.492 e. The Balaban J connectivity index is 0.00000625. The number of rotatable bonds is 8. The summed E-state index contributed by atoms with van der Waals surface area (Å²) in [5.41, 5.74) is 0.625. The van der Waals surface area contributed by atoms with E-state index in [9.17, 15) is 18.0 Å². The lowest BCUT2D eigenvalue weighted by molar-refractivity contribution is -0.132. The fourth-order valence-electron chi connectivity index (χ4n) is 1.84. The van der Waals surface area contributed by atoms with E-state index in [4.69, 9.17) is 4.74 Å². The van der Waals surface area contributed by atoms with Gasteiger partial charge in [-0.05, 0) is 19.1 Å². The van der Waals surface area contributed by atoms with Gasteiger partial charge in [-0.15, -0.1) is 24.0 Å². The van der Waals surface area contributed by atoms with Gasteiger partial charge < -0.3 is 20.7 Å². The molecule has 148 valence electrons. The highest BCUT2D eigenvalue weighted by Crippen LogP contribution is 2.19. The summed E-state index contributed by atoms with van der Waals surface area (Å²) in [4.78, 5) is 14.9. The number of benzene rings is 1. The van der Waals surface area contributed by atoms with Gasteiger partial charge in [-0.25, -0.2) is 0 Å². The molecule has 0 radical (unpaired) electrons. The van der Waals surface area contributed by atoms with E-state index in [1.54, 1.807) is 24.3 Å². The molecule has 0 bridgehead atoms. The minimum atomic E-state index is -4.22. The van der Waals surface area contributed by atoms with Gasteiger partial charge in [0.25, 0.3) is 0 Å². The van der Waals surface area contributed by atoms with E-state index in [1.165, 1.54) is 6.92 Å². The van der Waals surface area contributed by atoms with Crippen molar-refractivity contribution in [3.8, 4) is 5.75 Å². The standard InChI is InChI=1S/C16H23F3N4O2.HI/c1-3-20-15(21-8-7-16(17,18)19)22-9-10-25-14-6-4-5-13(11-14)23-12(2)24;/h4-6,11H,3,7-10H2,1-2H3,(H,23,24)(H2,20,21,22);1H. The summed E-state index contributed by atoms with van der Waals surface area (Å²) in [6.45, 7) is 4.09. The Kier molecular flexibility index (Phi) is 11.8. The average molecular weight is 488 g/mol. The Morgan fingerprint density at radius 1 is 1.27 bits per heavy atom. The maximum absolute atomic E-state index is 12.1. The van der Waals surface area contributed by atoms with Crippen molar-refractivity contribution in [2.45, 2.75) is 26.4 Å². The van der Waals surface area contributed by atoms with Crippen LogP contribution < -0.4 is 20.7 Å². The van der Waals surface area contributed by atoms with Crippen LogP contribution in [0.2, 0.25) is 0 Å². The van der Waals surface area contributed by atoms with Crippen molar-refractivity contribution >= 4 is 41.5 Å². The molecule has 1 aromatic rings. The number of nitrogens with one attached hydrogen (secondary N) is 3. The zero-order valence-electron chi connectivity index (χ0n) is 14.7. The van der Waals surface area contributed by atoms with Gasteiger partial charge >= 0.3 is 6.18 Å². The van der Waals surface area contributed by atoms with Crippen LogP contribution in [-0.2, 0) is 4.79 Å². The lowest BCUT2D eigenvalue weighted by atomic mass is 10.3. The number of ether oxygens (including phenoxy) is 1. The molecule has 3 N–H and O–H groups in total. The van der Waals surface area contributed by atoms with E-state index >= 15 is 0 Å². The number of nitrogens with zero attached hydrogens (tertiary/aromatic N) is 1. The molecule has 0 saturated heterocycles. The number of aliphatic imine (C=N–C) groups is 1. The predicted octanol–water partition coefficient (Wildman–Crippen LogP) is 3.15. The quantitative estimate of drug-likeness (QED) is 0.228. The maximum Gasteiger partial charge on any atom is 0.390 e. The van der Waals surface area contributed by atoms with E-state index < -0.39 is 12.6 Å². The molecule has 10 heteroatoms. The van der Waals surface area contributed by atoms with Crippen LogP contribution in [0.4, 0.5) is 18.9 Å². The van der Waals surface area contributed by atoms with Crippen LogP contribution in [0, 0.1) is 0 Å². The number of hydrogen-bond acceptors (Lipinski definition) is 3. The number of hydrogen-bond donors (Lipinski definition) is 3. The average Bonchev–Trinajstić information content (AvgIpc) is 2.50. The molecule has 0 aliphatic carbocycles. The summed E-state index contributed by atoms with van der Waals surface area (Å²) in [7, 11) is 0. The molecule has 0 aliphatic heterocycles. The van der Waals surface area contributed by atoms with Gasteiger partial charge in [0.15, 0.2) is 5.96 Å². The number of carbonyl (C=O) groups is 1. The van der Waals surface area contributed by atoms with Crippen LogP contribution in [0.15, 0.2) is 29.3 Å². The van der Waals surface area contributed by atoms with Crippen molar-refractivity contribution in [1.82, 2.24) is 10.6 Å². The SMILES string of the molecule is CCNC(=NCCC(F)(F)F)NCCOc1cccc(NC(C)=O)c1.I. The first-order valence-corrected chi connectivity index (χ1v) is 7.89. The molecule has 0 aliphatic rings. The number of halogens is 4. The van der Waals surface area contributed by atoms with E-state index in [-0.39, 0.29) is 43.0 Å². The van der Waals surface area contributed by atoms with E-state index in [0.717, 1.165) is 0 Å². The maximum atomic E-state index is 12.1. The van der Waals surface area contributed by atoms with Gasteiger partial charge in [-0.2, -0.15) is 13.2 Å². The Morgan fingerprint density at radius 2 is 2.00 bits per heavy atom. The van der Waals surface area contributed by atoms with E-state index in [2.05, 4.69) is 20.9 Å². The number of amides is 1. The third-order valence-corrected chi connectivity index (χ3v) is 2.83. The normalized spacial score (nSPS) is 11.3. The first-order chi connectivity index (χ1) is 11.8. The third-order valence-electron chi connectivity index (χ3n) is 2.83. The molecule has 0 unspecified atom stereocenters.